The molecule has 3 rings (SSSR count). The number of nitrogens with zero attached hydrogens (tertiary/aromatic N) is 1. The zero-order chi connectivity index (χ0) is 6.43. The molecular weight excluding hydrogens is 114 g/mol. The van der Waals surface area contributed by atoms with E-state index in [0.29, 0.717) is 11.8 Å². The van der Waals surface area contributed by atoms with Crippen molar-refractivity contribution in [2.24, 2.45) is 17.8 Å². The minimum atomic E-state index is -0.153. The van der Waals surface area contributed by atoms with Crippen LogP contribution in [0, 0.1) is 29.1 Å². The van der Waals surface area contributed by atoms with E-state index >= 15 is 0 Å². The Kier molecular flexibility index (Phi) is 0.866. The molecule has 9 heavy (non-hydrogen) atoms. The van der Waals surface area contributed by atoms with Crippen LogP contribution in [-0.4, -0.2) is 11.2 Å². The smallest absolute Gasteiger partial charge is 0.0662 e. The molecule has 4 atom stereocenters. The van der Waals surface area contributed by atoms with E-state index in [1.165, 1.54) is 0 Å². The largest absolute Gasteiger partial charge is 0.393 e. The van der Waals surface area contributed by atoms with Gasteiger partial charge in [0.1, 0.15) is 0 Å². The normalized spacial score (nSPS) is 54.2. The molecule has 0 spiro atoms. The second-order valence-corrected chi connectivity index (χ2v) is 3.12. The molecule has 2 nitrogen and oxygen atoms in total. The van der Waals surface area contributed by atoms with Crippen LogP contribution in [-0.2, 0) is 0 Å². The van der Waals surface area contributed by atoms with Crippen molar-refractivity contribution in [3.63, 3.8) is 0 Å². The first-order valence-electron chi connectivity index (χ1n) is 3.40. The molecule has 1 unspecified atom stereocenters. The van der Waals surface area contributed by atoms with Gasteiger partial charge in [0.2, 0.25) is 0 Å². The molecule has 3 saturated carbocycles. The highest BCUT2D eigenvalue weighted by Crippen LogP contribution is 2.52. The van der Waals surface area contributed by atoms with Gasteiger partial charge in [-0.1, -0.05) is 0 Å². The van der Waals surface area contributed by atoms with E-state index < -0.39 is 0 Å². The Morgan fingerprint density at radius 1 is 1.44 bits per heavy atom. The van der Waals surface area contributed by atoms with Gasteiger partial charge in [0, 0.05) is 5.92 Å². The lowest BCUT2D eigenvalue weighted by Gasteiger charge is -2.29. The Hall–Kier alpha value is -0.550. The lowest BCUT2D eigenvalue weighted by atomic mass is 9.73. The molecule has 3 aliphatic carbocycles. The summed E-state index contributed by atoms with van der Waals surface area (Å²) in [7, 11) is 0. The number of hydrogen-bond donors (Lipinski definition) is 1. The van der Waals surface area contributed by atoms with E-state index in [0.717, 1.165) is 12.8 Å². The minimum Gasteiger partial charge on any atom is -0.393 e. The van der Waals surface area contributed by atoms with Crippen molar-refractivity contribution in [1.29, 1.82) is 5.26 Å². The van der Waals surface area contributed by atoms with Gasteiger partial charge in [-0.05, 0) is 18.8 Å². The number of hydrogen-bond acceptors (Lipinski definition) is 2. The number of aliphatic hydroxyl groups excluding tert-OH is 1. The fourth-order valence-corrected chi connectivity index (χ4v) is 2.12. The second kappa shape index (κ2) is 1.48. The summed E-state index contributed by atoms with van der Waals surface area (Å²) in [6.07, 6.45) is 1.82. The summed E-state index contributed by atoms with van der Waals surface area (Å²) in [4.78, 5) is 0. The van der Waals surface area contributed by atoms with Gasteiger partial charge in [-0.15, -0.1) is 0 Å². The summed E-state index contributed by atoms with van der Waals surface area (Å²) in [6.45, 7) is 0. The molecule has 0 aromatic carbocycles. The van der Waals surface area contributed by atoms with Gasteiger partial charge in [0.15, 0.2) is 0 Å². The van der Waals surface area contributed by atoms with Crippen LogP contribution in [0.3, 0.4) is 0 Å². The van der Waals surface area contributed by atoms with E-state index in [4.69, 9.17) is 5.26 Å². The second-order valence-electron chi connectivity index (χ2n) is 3.12. The molecule has 0 amide bonds. The van der Waals surface area contributed by atoms with Gasteiger partial charge < -0.3 is 5.11 Å². The average molecular weight is 123 g/mol. The van der Waals surface area contributed by atoms with Crippen molar-refractivity contribution in [3.8, 4) is 6.07 Å². The molecule has 0 radical (unpaired) electrons. The predicted octanol–water partition coefficient (Wildman–Crippen LogP) is 0.527. The molecule has 3 aliphatic rings. The summed E-state index contributed by atoms with van der Waals surface area (Å²) in [6, 6.07) is 2.23. The third-order valence-corrected chi connectivity index (χ3v) is 2.73. The van der Waals surface area contributed by atoms with Crippen molar-refractivity contribution in [3.05, 3.63) is 0 Å². The van der Waals surface area contributed by atoms with Gasteiger partial charge >= 0.3 is 0 Å². The van der Waals surface area contributed by atoms with Gasteiger partial charge in [0.25, 0.3) is 0 Å². The monoisotopic (exact) mass is 123 g/mol. The summed E-state index contributed by atoms with van der Waals surface area (Å²) in [5.74, 6) is 1.06. The molecule has 3 fully saturated rings. The van der Waals surface area contributed by atoms with E-state index in [1.807, 2.05) is 0 Å². The highest BCUT2D eigenvalue weighted by molar-refractivity contribution is 5.10. The predicted molar refractivity (Wildman–Crippen MR) is 31.3 cm³/mol. The summed E-state index contributed by atoms with van der Waals surface area (Å²) < 4.78 is 0. The Bertz CT molecular complexity index is 172. The van der Waals surface area contributed by atoms with E-state index in [1.54, 1.807) is 0 Å². The van der Waals surface area contributed by atoms with Crippen LogP contribution in [0.25, 0.3) is 0 Å². The molecule has 2 heteroatoms. The van der Waals surface area contributed by atoms with Crippen LogP contribution in [0.1, 0.15) is 12.8 Å². The fourth-order valence-electron chi connectivity index (χ4n) is 2.12. The van der Waals surface area contributed by atoms with Gasteiger partial charge in [-0.25, -0.2) is 0 Å². The van der Waals surface area contributed by atoms with Crippen molar-refractivity contribution in [1.82, 2.24) is 0 Å². The summed E-state index contributed by atoms with van der Waals surface area (Å²) in [5.41, 5.74) is 0. The summed E-state index contributed by atoms with van der Waals surface area (Å²) >= 11 is 0. The van der Waals surface area contributed by atoms with Crippen LogP contribution >= 0.6 is 0 Å². The number of rotatable bonds is 0. The van der Waals surface area contributed by atoms with Crippen molar-refractivity contribution >= 4 is 0 Å². The average Bonchev–Trinajstić information content (AvgIpc) is 2.22. The van der Waals surface area contributed by atoms with Gasteiger partial charge in [-0.3, -0.25) is 0 Å². The van der Waals surface area contributed by atoms with Gasteiger partial charge in [0.05, 0.1) is 18.1 Å². The standard InChI is InChI=1S/C7H9NO/c8-3-6-4-1-5(6)7(9)2-4/h4-7,9H,1-2H2/t4-,5-,6?,7+/m1/s1. The Labute approximate surface area is 54.1 Å². The first kappa shape index (κ1) is 5.25. The lowest BCUT2D eigenvalue weighted by molar-refractivity contribution is 0.107. The third kappa shape index (κ3) is 0.481. The van der Waals surface area contributed by atoms with Crippen LogP contribution < -0.4 is 0 Å². The zero-order valence-electron chi connectivity index (χ0n) is 5.12. The van der Waals surface area contributed by atoms with Crippen molar-refractivity contribution < 1.29 is 5.11 Å². The lowest BCUT2D eigenvalue weighted by Crippen LogP contribution is -2.29. The van der Waals surface area contributed by atoms with E-state index in [9.17, 15) is 5.11 Å². The van der Waals surface area contributed by atoms with Crippen LogP contribution in [0.4, 0.5) is 0 Å². The molecule has 48 valence electrons. The van der Waals surface area contributed by atoms with Crippen molar-refractivity contribution in [2.45, 2.75) is 18.9 Å². The minimum absolute atomic E-state index is 0.153. The topological polar surface area (TPSA) is 44.0 Å². The molecule has 2 bridgehead atoms. The molecule has 0 aromatic heterocycles. The van der Waals surface area contributed by atoms with E-state index in [-0.39, 0.29) is 12.0 Å². The van der Waals surface area contributed by atoms with Crippen LogP contribution in [0.2, 0.25) is 0 Å². The maximum absolute atomic E-state index is 9.19. The quantitative estimate of drug-likeness (QED) is 0.510. The highest BCUT2D eigenvalue weighted by Gasteiger charge is 2.52. The SMILES string of the molecule is N#CC1[C@@H]2C[C@H]1[C@@H](O)C2. The maximum Gasteiger partial charge on any atom is 0.0662 e. The zero-order valence-corrected chi connectivity index (χ0v) is 5.12. The van der Waals surface area contributed by atoms with Crippen molar-refractivity contribution in [2.75, 3.05) is 0 Å². The van der Waals surface area contributed by atoms with Crippen LogP contribution in [0.5, 0.6) is 0 Å². The number of nitriles is 1. The molecule has 0 saturated heterocycles. The highest BCUT2D eigenvalue weighted by atomic mass is 16.3. The Morgan fingerprint density at radius 3 is 2.44 bits per heavy atom. The fraction of sp³-hybridized carbons (Fsp3) is 0.857. The first-order chi connectivity index (χ1) is 4.33. The van der Waals surface area contributed by atoms with E-state index in [2.05, 4.69) is 6.07 Å². The molecule has 0 heterocycles. The maximum atomic E-state index is 9.19. The first-order valence-corrected chi connectivity index (χ1v) is 3.40. The van der Waals surface area contributed by atoms with Gasteiger partial charge in [-0.2, -0.15) is 5.26 Å². The third-order valence-electron chi connectivity index (χ3n) is 2.73. The number of aliphatic hydroxyl groups is 1. The molecule has 0 aliphatic heterocycles. The summed E-state index contributed by atoms with van der Waals surface area (Å²) in [5, 5.41) is 17.7. The number of fused-ring (bicyclic) bond motifs is 1. The molecule has 0 aromatic rings. The van der Waals surface area contributed by atoms with Crippen LogP contribution in [0.15, 0.2) is 0 Å². The Balaban J connectivity index is 2.15. The molecular formula is C7H9NO. The Morgan fingerprint density at radius 2 is 2.22 bits per heavy atom. The molecule has 1 N–H and O–H groups in total.